The van der Waals surface area contributed by atoms with Crippen LogP contribution in [0.4, 0.5) is 5.69 Å². The van der Waals surface area contributed by atoms with Crippen molar-refractivity contribution in [3.8, 4) is 17.0 Å². The van der Waals surface area contributed by atoms with Crippen LogP contribution in [0.1, 0.15) is 50.5 Å². The average Bonchev–Trinajstić information content (AvgIpc) is 3.23. The van der Waals surface area contributed by atoms with Crippen LogP contribution >= 0.6 is 11.3 Å². The number of hydrogen-bond acceptors (Lipinski definition) is 5. The molecule has 3 aromatic rings. The number of thiazole rings is 1. The summed E-state index contributed by atoms with van der Waals surface area (Å²) in [5, 5.41) is 10.2. The molecule has 2 heterocycles. The molecular weight excluding hydrogens is 444 g/mol. The number of anilines is 1. The number of aromatic nitrogens is 1. The molecule has 0 unspecified atom stereocenters. The number of fused-ring (bicyclic) bond motifs is 1. The zero-order valence-electron chi connectivity index (χ0n) is 19.3. The Kier molecular flexibility index (Phi) is 7.19. The van der Waals surface area contributed by atoms with E-state index in [1.165, 1.54) is 43.4 Å². The SMILES string of the molecule is O=C1COc2ccc(-c3csc(=NCCc4ccccc4)n3N=C3CCCCCCC3)cc2N1. The Morgan fingerprint density at radius 1 is 1.00 bits per heavy atom. The first-order chi connectivity index (χ1) is 16.8. The van der Waals surface area contributed by atoms with Gasteiger partial charge in [-0.25, -0.2) is 4.68 Å². The van der Waals surface area contributed by atoms with Crippen molar-refractivity contribution < 1.29 is 9.53 Å². The zero-order chi connectivity index (χ0) is 23.2. The maximum Gasteiger partial charge on any atom is 0.262 e. The fourth-order valence-electron chi connectivity index (χ4n) is 4.43. The predicted molar refractivity (Wildman–Crippen MR) is 138 cm³/mol. The largest absolute Gasteiger partial charge is 0.482 e. The van der Waals surface area contributed by atoms with Crippen molar-refractivity contribution in [2.45, 2.75) is 51.4 Å². The zero-order valence-corrected chi connectivity index (χ0v) is 20.2. The number of nitrogens with one attached hydrogen (secondary N) is 1. The van der Waals surface area contributed by atoms with Gasteiger partial charge in [0, 0.05) is 23.2 Å². The second kappa shape index (κ2) is 10.8. The summed E-state index contributed by atoms with van der Waals surface area (Å²) in [6.45, 7) is 0.770. The second-order valence-corrected chi connectivity index (χ2v) is 9.65. The molecule has 0 atom stereocenters. The van der Waals surface area contributed by atoms with Crippen LogP contribution in [0.25, 0.3) is 11.3 Å². The fraction of sp³-hybridized carbons (Fsp3) is 0.370. The molecule has 1 aliphatic heterocycles. The number of hydrogen-bond donors (Lipinski definition) is 1. The van der Waals surface area contributed by atoms with Gasteiger partial charge < -0.3 is 10.1 Å². The maximum atomic E-state index is 11.8. The number of carbonyl (C=O) groups excluding carboxylic acids is 1. The van der Waals surface area contributed by atoms with E-state index in [4.69, 9.17) is 14.8 Å². The van der Waals surface area contributed by atoms with Gasteiger partial charge in [-0.2, -0.15) is 5.10 Å². The Morgan fingerprint density at radius 2 is 1.79 bits per heavy atom. The topological polar surface area (TPSA) is 68.0 Å². The van der Waals surface area contributed by atoms with E-state index in [1.807, 2.05) is 28.9 Å². The molecule has 1 aliphatic carbocycles. The molecule has 1 fully saturated rings. The lowest BCUT2D eigenvalue weighted by Gasteiger charge is -2.18. The summed E-state index contributed by atoms with van der Waals surface area (Å²) in [5.74, 6) is 0.568. The van der Waals surface area contributed by atoms with E-state index in [9.17, 15) is 4.79 Å². The Bertz CT molecular complexity index is 1230. The molecular formula is C27H30N4O2S. The monoisotopic (exact) mass is 474 g/mol. The molecule has 6 nitrogen and oxygen atoms in total. The second-order valence-electron chi connectivity index (χ2n) is 8.81. The smallest absolute Gasteiger partial charge is 0.262 e. The van der Waals surface area contributed by atoms with E-state index in [0.29, 0.717) is 18.0 Å². The highest BCUT2D eigenvalue weighted by molar-refractivity contribution is 7.07. The molecule has 1 aromatic heterocycles. The molecule has 1 amide bonds. The lowest BCUT2D eigenvalue weighted by molar-refractivity contribution is -0.118. The van der Waals surface area contributed by atoms with Crippen molar-refractivity contribution in [2.75, 3.05) is 18.5 Å². The third-order valence-corrected chi connectivity index (χ3v) is 7.11. The molecule has 0 saturated heterocycles. The molecule has 0 bridgehead atoms. The van der Waals surface area contributed by atoms with Crippen molar-refractivity contribution in [2.24, 2.45) is 10.1 Å². The van der Waals surface area contributed by atoms with E-state index in [-0.39, 0.29) is 12.5 Å². The highest BCUT2D eigenvalue weighted by Gasteiger charge is 2.18. The summed E-state index contributed by atoms with van der Waals surface area (Å²) >= 11 is 1.61. The van der Waals surface area contributed by atoms with Crippen LogP contribution in [0.2, 0.25) is 0 Å². The van der Waals surface area contributed by atoms with Gasteiger partial charge in [-0.1, -0.05) is 49.6 Å². The Labute approximate surface area is 204 Å². The number of nitrogens with zero attached hydrogens (tertiary/aromatic N) is 3. The van der Waals surface area contributed by atoms with E-state index in [2.05, 4.69) is 35.0 Å². The van der Waals surface area contributed by atoms with E-state index < -0.39 is 0 Å². The molecule has 1 saturated carbocycles. The molecule has 2 aliphatic rings. The van der Waals surface area contributed by atoms with Crippen LogP contribution in [-0.2, 0) is 11.2 Å². The summed E-state index contributed by atoms with van der Waals surface area (Å²) in [7, 11) is 0. The standard InChI is InChI=1S/C27H30N4O2S/c32-26-18-33-25-14-13-21(17-23(25)29-26)24-19-34-27(28-16-15-20-9-5-4-6-10-20)31(24)30-22-11-7-2-1-3-8-12-22/h4-6,9-10,13-14,17,19H,1-3,7-8,11-12,15-16,18H2,(H,29,32). The summed E-state index contributed by atoms with van der Waals surface area (Å²) in [6, 6.07) is 16.4. The van der Waals surface area contributed by atoms with Crippen molar-refractivity contribution in [3.63, 3.8) is 0 Å². The van der Waals surface area contributed by atoms with Gasteiger partial charge in [0.25, 0.3) is 5.91 Å². The third kappa shape index (κ3) is 5.47. The minimum atomic E-state index is -0.130. The molecule has 7 heteroatoms. The number of carbonyl (C=O) groups is 1. The summed E-state index contributed by atoms with van der Waals surface area (Å²) in [4.78, 5) is 17.7. The van der Waals surface area contributed by atoms with E-state index in [1.54, 1.807) is 11.3 Å². The summed E-state index contributed by atoms with van der Waals surface area (Å²) in [6.07, 6.45) is 9.25. The first-order valence-corrected chi connectivity index (χ1v) is 13.0. The molecule has 34 heavy (non-hydrogen) atoms. The quantitative estimate of drug-likeness (QED) is 0.520. The molecule has 5 rings (SSSR count). The number of rotatable bonds is 5. The van der Waals surface area contributed by atoms with Crippen LogP contribution in [0.3, 0.4) is 0 Å². The van der Waals surface area contributed by atoms with Crippen LogP contribution in [0.5, 0.6) is 5.75 Å². The van der Waals surface area contributed by atoms with Crippen LogP contribution < -0.4 is 14.9 Å². The minimum Gasteiger partial charge on any atom is -0.482 e. The predicted octanol–water partition coefficient (Wildman–Crippen LogP) is 5.64. The van der Waals surface area contributed by atoms with Gasteiger partial charge in [0.05, 0.1) is 11.4 Å². The highest BCUT2D eigenvalue weighted by atomic mass is 32.1. The van der Waals surface area contributed by atoms with E-state index in [0.717, 1.165) is 35.3 Å². The number of amides is 1. The number of benzene rings is 2. The number of ether oxygens (including phenoxy) is 1. The summed E-state index contributed by atoms with van der Waals surface area (Å²) in [5.41, 5.74) is 5.21. The van der Waals surface area contributed by atoms with Crippen LogP contribution in [0, 0.1) is 0 Å². The average molecular weight is 475 g/mol. The van der Waals surface area contributed by atoms with Crippen LogP contribution in [0.15, 0.2) is 64.0 Å². The molecule has 176 valence electrons. The highest BCUT2D eigenvalue weighted by Crippen LogP contribution is 2.33. The summed E-state index contributed by atoms with van der Waals surface area (Å²) < 4.78 is 7.56. The Morgan fingerprint density at radius 3 is 2.62 bits per heavy atom. The minimum absolute atomic E-state index is 0.0584. The molecule has 1 N–H and O–H groups in total. The first kappa shape index (κ1) is 22.6. The molecule has 2 aromatic carbocycles. The lowest BCUT2D eigenvalue weighted by atomic mass is 9.99. The van der Waals surface area contributed by atoms with Crippen molar-refractivity contribution in [3.05, 3.63) is 64.3 Å². The normalized spacial score (nSPS) is 16.8. The Hall–Kier alpha value is -3.19. The van der Waals surface area contributed by atoms with Gasteiger partial charge in [0.15, 0.2) is 6.61 Å². The van der Waals surface area contributed by atoms with Gasteiger partial charge >= 0.3 is 0 Å². The van der Waals surface area contributed by atoms with E-state index >= 15 is 0 Å². The first-order valence-electron chi connectivity index (χ1n) is 12.1. The van der Waals surface area contributed by atoms with Crippen molar-refractivity contribution >= 4 is 28.6 Å². The fourth-order valence-corrected chi connectivity index (χ4v) is 5.28. The van der Waals surface area contributed by atoms with Gasteiger partial charge in [0.2, 0.25) is 4.80 Å². The molecule has 0 radical (unpaired) electrons. The van der Waals surface area contributed by atoms with Crippen LogP contribution in [-0.4, -0.2) is 29.4 Å². The molecule has 0 spiro atoms. The van der Waals surface area contributed by atoms with Crippen molar-refractivity contribution in [1.29, 1.82) is 0 Å². The van der Waals surface area contributed by atoms with Gasteiger partial charge in [-0.05, 0) is 55.9 Å². The van der Waals surface area contributed by atoms with Crippen molar-refractivity contribution in [1.82, 2.24) is 4.68 Å². The van der Waals surface area contributed by atoms with Gasteiger partial charge in [-0.3, -0.25) is 9.79 Å². The van der Waals surface area contributed by atoms with Gasteiger partial charge in [0.1, 0.15) is 5.75 Å². The Balaban J connectivity index is 1.50. The van der Waals surface area contributed by atoms with Gasteiger partial charge in [-0.15, -0.1) is 11.3 Å². The third-order valence-electron chi connectivity index (χ3n) is 6.26. The lowest BCUT2D eigenvalue weighted by Crippen LogP contribution is -2.25. The maximum absolute atomic E-state index is 11.8.